The number of hydrogen-bond donors (Lipinski definition) is 1. The molecule has 0 bridgehead atoms. The second-order valence-corrected chi connectivity index (χ2v) is 17.9. The van der Waals surface area contributed by atoms with E-state index in [1.54, 1.807) is 0 Å². The summed E-state index contributed by atoms with van der Waals surface area (Å²) in [6.45, 7) is 3.89. The van der Waals surface area contributed by atoms with Crippen molar-refractivity contribution in [2.75, 3.05) is 13.2 Å². The highest BCUT2D eigenvalue weighted by Gasteiger charge is 2.16. The van der Waals surface area contributed by atoms with Crippen molar-refractivity contribution in [1.29, 1.82) is 0 Å². The van der Waals surface area contributed by atoms with Crippen LogP contribution in [0.25, 0.3) is 0 Å². The van der Waals surface area contributed by atoms with Crippen LogP contribution in [0.5, 0.6) is 0 Å². The smallest absolute Gasteiger partial charge is 0.306 e. The fraction of sp³-hybridized carbons (Fsp3) is 0.569. The molecule has 0 radical (unpaired) electrons. The lowest BCUT2D eigenvalue weighted by atomic mass is 10.1. The Morgan fingerprint density at radius 3 is 0.857 bits per heavy atom. The molecule has 0 fully saturated rings. The summed E-state index contributed by atoms with van der Waals surface area (Å²) in [6.07, 6.45) is 90.5. The molecule has 0 saturated heterocycles. The van der Waals surface area contributed by atoms with E-state index in [4.69, 9.17) is 9.47 Å². The van der Waals surface area contributed by atoms with Crippen LogP contribution in [0.3, 0.4) is 0 Å². The monoisotopic (exact) mass is 963 g/mol. The maximum absolute atomic E-state index is 12.3. The molecule has 0 spiro atoms. The number of rotatable bonds is 49. The Morgan fingerprint density at radius 2 is 0.571 bits per heavy atom. The normalized spacial score (nSPS) is 13.5. The fourth-order valence-corrected chi connectivity index (χ4v) is 7.18. The van der Waals surface area contributed by atoms with Gasteiger partial charge in [0.25, 0.3) is 0 Å². The zero-order valence-electron chi connectivity index (χ0n) is 44.7. The Morgan fingerprint density at radius 1 is 0.329 bits per heavy atom. The number of unbranched alkanes of at least 4 members (excludes halogenated alkanes) is 15. The molecule has 0 aliphatic heterocycles. The number of hydrogen-bond acceptors (Lipinski definition) is 5. The summed E-state index contributed by atoms with van der Waals surface area (Å²) >= 11 is 0. The molecule has 0 aliphatic rings. The summed E-state index contributed by atoms with van der Waals surface area (Å²) in [5.74, 6) is -0.626. The maximum atomic E-state index is 12.3. The van der Waals surface area contributed by atoms with E-state index < -0.39 is 6.10 Å². The van der Waals surface area contributed by atoms with Crippen LogP contribution in [0.4, 0.5) is 0 Å². The topological polar surface area (TPSA) is 72.8 Å². The van der Waals surface area contributed by atoms with Gasteiger partial charge < -0.3 is 14.6 Å². The minimum Gasteiger partial charge on any atom is -0.462 e. The highest BCUT2D eigenvalue weighted by molar-refractivity contribution is 5.70. The van der Waals surface area contributed by atoms with Crippen molar-refractivity contribution >= 4 is 11.9 Å². The Kier molecular flexibility index (Phi) is 55.1. The van der Waals surface area contributed by atoms with E-state index >= 15 is 0 Å². The van der Waals surface area contributed by atoms with Crippen LogP contribution in [0, 0.1) is 0 Å². The lowest BCUT2D eigenvalue weighted by Gasteiger charge is -2.15. The number of aliphatic hydroxyl groups is 1. The van der Waals surface area contributed by atoms with Crippen LogP contribution in [0.15, 0.2) is 158 Å². The average Bonchev–Trinajstić information content (AvgIpc) is 3.36. The molecule has 5 heteroatoms. The van der Waals surface area contributed by atoms with Crippen LogP contribution in [0.1, 0.15) is 219 Å². The third-order valence-electron chi connectivity index (χ3n) is 11.3. The van der Waals surface area contributed by atoms with E-state index in [9.17, 15) is 14.7 Å². The summed E-state index contributed by atoms with van der Waals surface area (Å²) in [5.41, 5.74) is 0. The van der Waals surface area contributed by atoms with Gasteiger partial charge in [0, 0.05) is 12.8 Å². The van der Waals surface area contributed by atoms with Gasteiger partial charge in [0.15, 0.2) is 6.10 Å². The lowest BCUT2D eigenvalue weighted by molar-refractivity contribution is -0.161. The van der Waals surface area contributed by atoms with E-state index in [-0.39, 0.29) is 25.2 Å². The largest absolute Gasteiger partial charge is 0.462 e. The van der Waals surface area contributed by atoms with Gasteiger partial charge in [-0.3, -0.25) is 9.59 Å². The van der Waals surface area contributed by atoms with E-state index in [0.29, 0.717) is 12.8 Å². The van der Waals surface area contributed by atoms with Gasteiger partial charge in [-0.2, -0.15) is 0 Å². The van der Waals surface area contributed by atoms with Gasteiger partial charge >= 0.3 is 11.9 Å². The van der Waals surface area contributed by atoms with Crippen molar-refractivity contribution in [3.8, 4) is 0 Å². The fourth-order valence-electron chi connectivity index (χ4n) is 7.18. The van der Waals surface area contributed by atoms with E-state index in [1.165, 1.54) is 57.8 Å². The Bertz CT molecular complexity index is 1560. The van der Waals surface area contributed by atoms with Crippen LogP contribution < -0.4 is 0 Å². The third kappa shape index (κ3) is 56.1. The molecule has 1 atom stereocenters. The molecule has 0 aliphatic carbocycles. The summed E-state index contributed by atoms with van der Waals surface area (Å²) in [6, 6.07) is 0. The van der Waals surface area contributed by atoms with Gasteiger partial charge in [-0.25, -0.2) is 0 Å². The van der Waals surface area contributed by atoms with E-state index in [1.807, 2.05) is 0 Å². The zero-order chi connectivity index (χ0) is 50.6. The summed E-state index contributed by atoms with van der Waals surface area (Å²) < 4.78 is 10.7. The van der Waals surface area contributed by atoms with Gasteiger partial charge in [-0.05, 0) is 122 Å². The van der Waals surface area contributed by atoms with Crippen molar-refractivity contribution in [1.82, 2.24) is 0 Å². The third-order valence-corrected chi connectivity index (χ3v) is 11.3. The zero-order valence-corrected chi connectivity index (χ0v) is 44.7. The molecule has 0 saturated carbocycles. The molecule has 1 unspecified atom stereocenters. The molecule has 0 aromatic heterocycles. The first-order valence-corrected chi connectivity index (χ1v) is 28.0. The van der Waals surface area contributed by atoms with Crippen LogP contribution in [-0.2, 0) is 19.1 Å². The molecular formula is C65H102O5. The van der Waals surface area contributed by atoms with Crippen molar-refractivity contribution in [2.24, 2.45) is 0 Å². The maximum Gasteiger partial charge on any atom is 0.306 e. The van der Waals surface area contributed by atoms with Crippen LogP contribution in [0.2, 0.25) is 0 Å². The first-order chi connectivity index (χ1) is 34.6. The van der Waals surface area contributed by atoms with Gasteiger partial charge in [-0.1, -0.05) is 242 Å². The lowest BCUT2D eigenvalue weighted by Crippen LogP contribution is -2.28. The Labute approximate surface area is 430 Å². The highest BCUT2D eigenvalue weighted by Crippen LogP contribution is 2.14. The first-order valence-electron chi connectivity index (χ1n) is 28.0. The number of ether oxygens (including phenoxy) is 2. The number of carbonyl (C=O) groups is 2. The molecule has 0 aromatic carbocycles. The van der Waals surface area contributed by atoms with Gasteiger partial charge in [0.2, 0.25) is 0 Å². The molecule has 0 aromatic rings. The number of aliphatic hydroxyl groups excluding tert-OH is 1. The first kappa shape index (κ1) is 65.5. The number of allylic oxidation sites excluding steroid dienone is 26. The standard InChI is InChI=1S/C65H102O5/c1-3-5-7-9-11-13-15-17-19-21-23-25-27-29-30-31-32-33-34-36-38-40-42-44-46-48-50-52-54-56-58-60-65(68)70-63(61-66)62-69-64(67)59-57-55-53-51-49-47-45-43-41-39-37-35-28-26-24-22-20-18-16-14-12-10-8-6-4-2/h5-8,11-14,17-20,23-26,29-30,32-33,35-38,41,43,63,66H,3-4,9-10,15-16,21-22,27-28,31,34,39-40,42,44-62H2,1-2H3/b7-5-,8-6-,13-11-,14-12-,19-17-,20-18-,25-23-,26-24-,30-29-,33-32-,37-35-,38-36-,43-41-. The number of carbonyl (C=O) groups excluding carboxylic acids is 2. The Hall–Kier alpha value is -4.48. The quantitative estimate of drug-likeness (QED) is 0.0374. The molecule has 0 amide bonds. The molecular weight excluding hydrogens is 861 g/mol. The summed E-state index contributed by atoms with van der Waals surface area (Å²) in [7, 11) is 0. The van der Waals surface area contributed by atoms with Gasteiger partial charge in [0.05, 0.1) is 6.61 Å². The SMILES string of the molecule is CC/C=C\C/C=C\C/C=C\C/C=C\C/C=C\C/C=C\C/C=C\CCCCCCCCCCCC(=O)OC(CO)COC(=O)CCCCCCCC/C=C\C/C=C\C/C=C\C/C=C\C/C=C\C/C=C\CC. The molecule has 1 N–H and O–H groups in total. The predicted molar refractivity (Wildman–Crippen MR) is 306 cm³/mol. The van der Waals surface area contributed by atoms with Crippen molar-refractivity contribution < 1.29 is 24.2 Å². The summed E-state index contributed by atoms with van der Waals surface area (Å²) in [5, 5.41) is 9.66. The number of esters is 2. The Balaban J connectivity index is 3.62. The van der Waals surface area contributed by atoms with Crippen molar-refractivity contribution in [2.45, 2.75) is 225 Å². The van der Waals surface area contributed by atoms with Gasteiger partial charge in [-0.15, -0.1) is 0 Å². The molecule has 5 nitrogen and oxygen atoms in total. The molecule has 0 heterocycles. The highest BCUT2D eigenvalue weighted by atomic mass is 16.6. The van der Waals surface area contributed by atoms with Crippen molar-refractivity contribution in [3.05, 3.63) is 158 Å². The minimum atomic E-state index is -0.796. The predicted octanol–water partition coefficient (Wildman–Crippen LogP) is 19.2. The second-order valence-electron chi connectivity index (χ2n) is 17.9. The van der Waals surface area contributed by atoms with Crippen LogP contribution >= 0.6 is 0 Å². The van der Waals surface area contributed by atoms with Gasteiger partial charge in [0.1, 0.15) is 6.61 Å². The molecule has 70 heavy (non-hydrogen) atoms. The van der Waals surface area contributed by atoms with E-state index in [0.717, 1.165) is 135 Å². The summed E-state index contributed by atoms with van der Waals surface area (Å²) in [4.78, 5) is 24.5. The van der Waals surface area contributed by atoms with Crippen molar-refractivity contribution in [3.63, 3.8) is 0 Å². The van der Waals surface area contributed by atoms with E-state index in [2.05, 4.69) is 172 Å². The minimum absolute atomic E-state index is 0.0870. The molecule has 392 valence electrons. The average molecular weight is 964 g/mol. The van der Waals surface area contributed by atoms with Crippen LogP contribution in [-0.4, -0.2) is 36.4 Å². The second kappa shape index (κ2) is 58.8. The molecule has 0 rings (SSSR count).